The zero-order valence-corrected chi connectivity index (χ0v) is 10.5. The van der Waals surface area contributed by atoms with E-state index in [0.717, 1.165) is 24.6 Å². The average molecular weight is 228 g/mol. The number of rotatable bonds is 5. The molecule has 2 nitrogen and oxygen atoms in total. The van der Waals surface area contributed by atoms with Gasteiger partial charge in [-0.1, -0.05) is 25.5 Å². The molecule has 1 aliphatic carbocycles. The fourth-order valence-electron chi connectivity index (χ4n) is 2.34. The van der Waals surface area contributed by atoms with Gasteiger partial charge in [-0.25, -0.2) is 0 Å². The van der Waals surface area contributed by atoms with E-state index in [9.17, 15) is 0 Å². The van der Waals surface area contributed by atoms with Gasteiger partial charge in [-0.05, 0) is 43.0 Å². The molecule has 0 atom stereocenters. The van der Waals surface area contributed by atoms with Crippen LogP contribution in [0, 0.1) is 17.2 Å². The van der Waals surface area contributed by atoms with E-state index in [1.54, 1.807) is 0 Å². The predicted octanol–water partition coefficient (Wildman–Crippen LogP) is 3.18. The number of hydrogen-bond donors (Lipinski definition) is 0. The Kier molecular flexibility index (Phi) is 4.17. The molecule has 0 heterocycles. The Hall–Kier alpha value is -1.33. The Labute approximate surface area is 104 Å². The molecular weight excluding hydrogens is 208 g/mol. The van der Waals surface area contributed by atoms with Crippen molar-refractivity contribution in [2.24, 2.45) is 5.92 Å². The first-order valence-corrected chi connectivity index (χ1v) is 6.53. The lowest BCUT2D eigenvalue weighted by Gasteiger charge is -2.31. The Morgan fingerprint density at radius 1 is 1.41 bits per heavy atom. The first-order valence-electron chi connectivity index (χ1n) is 6.53. The molecule has 0 amide bonds. The Morgan fingerprint density at radius 3 is 2.82 bits per heavy atom. The monoisotopic (exact) mass is 228 g/mol. The third-order valence-corrected chi connectivity index (χ3v) is 3.65. The first kappa shape index (κ1) is 12.1. The van der Waals surface area contributed by atoms with Crippen LogP contribution in [0.3, 0.4) is 0 Å². The summed E-state index contributed by atoms with van der Waals surface area (Å²) < 4.78 is 0. The van der Waals surface area contributed by atoms with Gasteiger partial charge in [0, 0.05) is 13.1 Å². The third-order valence-electron chi connectivity index (χ3n) is 3.65. The van der Waals surface area contributed by atoms with Crippen molar-refractivity contribution in [1.82, 2.24) is 4.90 Å². The van der Waals surface area contributed by atoms with E-state index in [4.69, 9.17) is 5.26 Å². The van der Waals surface area contributed by atoms with Gasteiger partial charge in [0.05, 0.1) is 11.6 Å². The van der Waals surface area contributed by atoms with Gasteiger partial charge in [0.2, 0.25) is 0 Å². The smallest absolute Gasteiger partial charge is 0.0991 e. The number of benzene rings is 1. The van der Waals surface area contributed by atoms with E-state index < -0.39 is 0 Å². The lowest BCUT2D eigenvalue weighted by molar-refractivity contribution is 0.178. The van der Waals surface area contributed by atoms with Gasteiger partial charge in [-0.15, -0.1) is 0 Å². The summed E-state index contributed by atoms with van der Waals surface area (Å²) >= 11 is 0. The Bertz CT molecular complexity index is 402. The fraction of sp³-hybridized carbons (Fsp3) is 0.533. The molecule has 0 unspecified atom stereocenters. The molecule has 0 spiro atoms. The topological polar surface area (TPSA) is 27.0 Å². The highest BCUT2D eigenvalue weighted by atomic mass is 15.1. The second-order valence-corrected chi connectivity index (χ2v) is 4.94. The molecular formula is C15H20N2. The van der Waals surface area contributed by atoms with Gasteiger partial charge < -0.3 is 0 Å². The summed E-state index contributed by atoms with van der Waals surface area (Å²) in [6.45, 7) is 5.50. The van der Waals surface area contributed by atoms with Gasteiger partial charge in [0.25, 0.3) is 0 Å². The van der Waals surface area contributed by atoms with E-state index in [1.165, 1.54) is 31.4 Å². The second kappa shape index (κ2) is 5.84. The molecule has 90 valence electrons. The Balaban J connectivity index is 1.94. The van der Waals surface area contributed by atoms with E-state index in [1.807, 2.05) is 18.2 Å². The predicted molar refractivity (Wildman–Crippen MR) is 69.4 cm³/mol. The maximum absolute atomic E-state index is 8.88. The van der Waals surface area contributed by atoms with Crippen molar-refractivity contribution < 1.29 is 0 Å². The minimum Gasteiger partial charge on any atom is -0.299 e. The minimum absolute atomic E-state index is 0.766. The Morgan fingerprint density at radius 2 is 2.24 bits per heavy atom. The van der Waals surface area contributed by atoms with Crippen LogP contribution < -0.4 is 0 Å². The largest absolute Gasteiger partial charge is 0.299 e. The zero-order chi connectivity index (χ0) is 12.1. The molecule has 2 rings (SSSR count). The molecule has 1 fully saturated rings. The molecule has 17 heavy (non-hydrogen) atoms. The van der Waals surface area contributed by atoms with Crippen LogP contribution in [-0.4, -0.2) is 18.0 Å². The highest BCUT2D eigenvalue weighted by Crippen LogP contribution is 2.27. The number of nitrogens with zero attached hydrogens (tertiary/aromatic N) is 2. The molecule has 1 saturated carbocycles. The quantitative estimate of drug-likeness (QED) is 0.774. The molecule has 1 aliphatic rings. The van der Waals surface area contributed by atoms with Crippen LogP contribution in [0.2, 0.25) is 0 Å². The summed E-state index contributed by atoms with van der Waals surface area (Å²) in [5.41, 5.74) is 2.02. The normalized spacial score (nSPS) is 15.6. The van der Waals surface area contributed by atoms with Crippen molar-refractivity contribution in [3.05, 3.63) is 35.4 Å². The molecule has 0 aromatic heterocycles. The van der Waals surface area contributed by atoms with Gasteiger partial charge in [-0.2, -0.15) is 5.26 Å². The van der Waals surface area contributed by atoms with Crippen LogP contribution in [0.15, 0.2) is 24.3 Å². The van der Waals surface area contributed by atoms with Crippen LogP contribution in [0.25, 0.3) is 0 Å². The SMILES string of the molecule is CCN(Cc1cccc(C#N)c1)CC1CCC1. The van der Waals surface area contributed by atoms with Crippen molar-refractivity contribution in [3.63, 3.8) is 0 Å². The van der Waals surface area contributed by atoms with E-state index in [0.29, 0.717) is 0 Å². The highest BCUT2D eigenvalue weighted by Gasteiger charge is 2.19. The molecule has 0 radical (unpaired) electrons. The van der Waals surface area contributed by atoms with Gasteiger partial charge >= 0.3 is 0 Å². The zero-order valence-electron chi connectivity index (χ0n) is 10.5. The first-order chi connectivity index (χ1) is 8.31. The number of hydrogen-bond acceptors (Lipinski definition) is 2. The van der Waals surface area contributed by atoms with Crippen molar-refractivity contribution in [2.75, 3.05) is 13.1 Å². The maximum Gasteiger partial charge on any atom is 0.0991 e. The third kappa shape index (κ3) is 3.31. The molecule has 0 saturated heterocycles. The second-order valence-electron chi connectivity index (χ2n) is 4.94. The minimum atomic E-state index is 0.766. The molecule has 0 aliphatic heterocycles. The van der Waals surface area contributed by atoms with Crippen LogP contribution in [0.5, 0.6) is 0 Å². The van der Waals surface area contributed by atoms with Crippen molar-refractivity contribution in [3.8, 4) is 6.07 Å². The van der Waals surface area contributed by atoms with Crippen molar-refractivity contribution in [1.29, 1.82) is 5.26 Å². The van der Waals surface area contributed by atoms with Crippen molar-refractivity contribution in [2.45, 2.75) is 32.7 Å². The molecule has 1 aromatic carbocycles. The lowest BCUT2D eigenvalue weighted by Crippen LogP contribution is -2.32. The molecule has 0 N–H and O–H groups in total. The molecule has 2 heteroatoms. The van der Waals surface area contributed by atoms with Crippen LogP contribution >= 0.6 is 0 Å². The van der Waals surface area contributed by atoms with E-state index in [2.05, 4.69) is 24.0 Å². The number of nitriles is 1. The van der Waals surface area contributed by atoms with Gasteiger partial charge in [-0.3, -0.25) is 4.90 Å². The summed E-state index contributed by atoms with van der Waals surface area (Å²) in [5.74, 6) is 0.911. The summed E-state index contributed by atoms with van der Waals surface area (Å²) in [7, 11) is 0. The maximum atomic E-state index is 8.88. The summed E-state index contributed by atoms with van der Waals surface area (Å²) in [6.07, 6.45) is 4.20. The highest BCUT2D eigenvalue weighted by molar-refractivity contribution is 5.32. The lowest BCUT2D eigenvalue weighted by atomic mass is 9.85. The van der Waals surface area contributed by atoms with E-state index in [-0.39, 0.29) is 0 Å². The summed E-state index contributed by atoms with van der Waals surface area (Å²) in [5, 5.41) is 8.88. The molecule has 1 aromatic rings. The van der Waals surface area contributed by atoms with E-state index >= 15 is 0 Å². The summed E-state index contributed by atoms with van der Waals surface area (Å²) in [4.78, 5) is 2.49. The fourth-order valence-corrected chi connectivity index (χ4v) is 2.34. The summed E-state index contributed by atoms with van der Waals surface area (Å²) in [6, 6.07) is 10.2. The molecule has 0 bridgehead atoms. The van der Waals surface area contributed by atoms with Crippen LogP contribution in [0.4, 0.5) is 0 Å². The van der Waals surface area contributed by atoms with Crippen LogP contribution in [0.1, 0.15) is 37.3 Å². The van der Waals surface area contributed by atoms with Crippen LogP contribution in [-0.2, 0) is 6.54 Å². The van der Waals surface area contributed by atoms with Gasteiger partial charge in [0.1, 0.15) is 0 Å². The average Bonchev–Trinajstić information content (AvgIpc) is 2.32. The van der Waals surface area contributed by atoms with Gasteiger partial charge in [0.15, 0.2) is 0 Å². The standard InChI is InChI=1S/C15H20N2/c1-2-17(11-13-5-3-6-13)12-15-8-4-7-14(9-15)10-16/h4,7-9,13H,2-3,5-6,11-12H2,1H3. The van der Waals surface area contributed by atoms with Crippen molar-refractivity contribution >= 4 is 0 Å².